The first-order chi connectivity index (χ1) is 15.5. The van der Waals surface area contributed by atoms with Gasteiger partial charge in [-0.05, 0) is 58.2 Å². The van der Waals surface area contributed by atoms with Crippen LogP contribution in [0.5, 0.6) is 0 Å². The van der Waals surface area contributed by atoms with E-state index in [1.807, 2.05) is 30.9 Å². The summed E-state index contributed by atoms with van der Waals surface area (Å²) in [5, 5.41) is 13.7. The summed E-state index contributed by atoms with van der Waals surface area (Å²) in [7, 11) is 0. The SMILES string of the molecule is Cc1cc(C)cc(C(=O)N2CCCC(C(=O)NCC3CCCCN3)C2)c1.O=C(O)C(F)(F)F. The number of halogens is 3. The predicted octanol–water partition coefficient (Wildman–Crippen LogP) is 3.05. The van der Waals surface area contributed by atoms with Crippen LogP contribution in [0.1, 0.15) is 53.6 Å². The first-order valence-electron chi connectivity index (χ1n) is 11.2. The molecule has 0 saturated carbocycles. The van der Waals surface area contributed by atoms with E-state index in [0.717, 1.165) is 49.0 Å². The number of amides is 2. The zero-order valence-electron chi connectivity index (χ0n) is 19.0. The number of hydrogen-bond donors (Lipinski definition) is 3. The van der Waals surface area contributed by atoms with Crippen molar-refractivity contribution < 1.29 is 32.7 Å². The van der Waals surface area contributed by atoms with Crippen LogP contribution in [0.25, 0.3) is 0 Å². The van der Waals surface area contributed by atoms with E-state index in [1.54, 1.807) is 0 Å². The highest BCUT2D eigenvalue weighted by molar-refractivity contribution is 5.95. The summed E-state index contributed by atoms with van der Waals surface area (Å²) in [6.07, 6.45) is 0.247. The van der Waals surface area contributed by atoms with Crippen molar-refractivity contribution in [2.24, 2.45) is 5.92 Å². The van der Waals surface area contributed by atoms with Gasteiger partial charge in [0.15, 0.2) is 0 Å². The minimum absolute atomic E-state index is 0.0447. The van der Waals surface area contributed by atoms with Gasteiger partial charge in [-0.15, -0.1) is 0 Å². The second kappa shape index (κ2) is 12.0. The zero-order valence-corrected chi connectivity index (χ0v) is 19.0. The van der Waals surface area contributed by atoms with Crippen molar-refractivity contribution in [3.63, 3.8) is 0 Å². The molecular formula is C23H32F3N3O4. The molecule has 2 amide bonds. The van der Waals surface area contributed by atoms with Gasteiger partial charge in [-0.1, -0.05) is 23.6 Å². The third kappa shape index (κ3) is 8.68. The standard InChI is InChI=1S/C21H31N3O2.C2HF3O2/c1-15-10-16(2)12-18(11-15)21(26)24-9-5-6-17(14-24)20(25)23-13-19-7-3-4-8-22-19;3-2(4,5)1(6)7/h10-12,17,19,22H,3-9,13-14H2,1-2H3,(H,23,25);(H,6,7). The van der Waals surface area contributed by atoms with E-state index >= 15 is 0 Å². The molecule has 2 heterocycles. The molecule has 184 valence electrons. The first-order valence-corrected chi connectivity index (χ1v) is 11.2. The zero-order chi connectivity index (χ0) is 24.6. The molecule has 10 heteroatoms. The summed E-state index contributed by atoms with van der Waals surface area (Å²) in [5.41, 5.74) is 2.93. The number of aryl methyl sites for hydroxylation is 2. The van der Waals surface area contributed by atoms with E-state index in [1.165, 1.54) is 12.8 Å². The summed E-state index contributed by atoms with van der Waals surface area (Å²) in [5.74, 6) is -2.71. The third-order valence-corrected chi connectivity index (χ3v) is 5.73. The van der Waals surface area contributed by atoms with E-state index in [9.17, 15) is 22.8 Å². The maximum absolute atomic E-state index is 12.9. The summed E-state index contributed by atoms with van der Waals surface area (Å²) >= 11 is 0. The molecule has 0 radical (unpaired) electrons. The average molecular weight is 472 g/mol. The second-order valence-electron chi connectivity index (χ2n) is 8.66. The summed E-state index contributed by atoms with van der Waals surface area (Å²) in [4.78, 5) is 36.2. The van der Waals surface area contributed by atoms with Crippen LogP contribution in [0.2, 0.25) is 0 Å². The second-order valence-corrected chi connectivity index (χ2v) is 8.66. The normalized spacial score (nSPS) is 20.9. The Bertz CT molecular complexity index is 818. The van der Waals surface area contributed by atoms with Gasteiger partial charge in [0, 0.05) is 31.2 Å². The number of piperidine rings is 2. The molecule has 0 spiro atoms. The number of carbonyl (C=O) groups excluding carboxylic acids is 2. The molecule has 0 aromatic heterocycles. The van der Waals surface area contributed by atoms with Crippen LogP contribution in [0.4, 0.5) is 13.2 Å². The molecular weight excluding hydrogens is 439 g/mol. The Morgan fingerprint density at radius 3 is 2.27 bits per heavy atom. The van der Waals surface area contributed by atoms with Gasteiger partial charge in [-0.3, -0.25) is 9.59 Å². The lowest BCUT2D eigenvalue weighted by Crippen LogP contribution is -2.49. The fourth-order valence-corrected chi connectivity index (χ4v) is 4.12. The highest BCUT2D eigenvalue weighted by Crippen LogP contribution is 2.20. The van der Waals surface area contributed by atoms with Crippen molar-refractivity contribution in [3.05, 3.63) is 34.9 Å². The maximum Gasteiger partial charge on any atom is 0.490 e. The van der Waals surface area contributed by atoms with Gasteiger partial charge < -0.3 is 20.6 Å². The minimum atomic E-state index is -5.08. The highest BCUT2D eigenvalue weighted by atomic mass is 19.4. The van der Waals surface area contributed by atoms with Crippen molar-refractivity contribution in [1.82, 2.24) is 15.5 Å². The van der Waals surface area contributed by atoms with Crippen LogP contribution < -0.4 is 10.6 Å². The van der Waals surface area contributed by atoms with Gasteiger partial charge in [0.25, 0.3) is 5.91 Å². The van der Waals surface area contributed by atoms with Crippen molar-refractivity contribution >= 4 is 17.8 Å². The van der Waals surface area contributed by atoms with Gasteiger partial charge in [0.05, 0.1) is 5.92 Å². The Labute approximate surface area is 191 Å². The van der Waals surface area contributed by atoms with Gasteiger partial charge in [-0.25, -0.2) is 4.79 Å². The monoisotopic (exact) mass is 471 g/mol. The van der Waals surface area contributed by atoms with E-state index in [2.05, 4.69) is 16.7 Å². The predicted molar refractivity (Wildman–Crippen MR) is 117 cm³/mol. The summed E-state index contributed by atoms with van der Waals surface area (Å²) in [6.45, 7) is 7.02. The van der Waals surface area contributed by atoms with E-state index in [4.69, 9.17) is 9.90 Å². The number of rotatable bonds is 4. The number of carboxylic acids is 1. The Hall–Kier alpha value is -2.62. The fraction of sp³-hybridized carbons (Fsp3) is 0.609. The molecule has 2 aliphatic heterocycles. The highest BCUT2D eigenvalue weighted by Gasteiger charge is 2.38. The molecule has 33 heavy (non-hydrogen) atoms. The Morgan fingerprint density at radius 2 is 1.73 bits per heavy atom. The third-order valence-electron chi connectivity index (χ3n) is 5.73. The molecule has 0 aliphatic carbocycles. The number of nitrogens with one attached hydrogen (secondary N) is 2. The largest absolute Gasteiger partial charge is 0.490 e. The van der Waals surface area contributed by atoms with Crippen molar-refractivity contribution in [1.29, 1.82) is 0 Å². The molecule has 2 saturated heterocycles. The number of carbonyl (C=O) groups is 3. The molecule has 2 unspecified atom stereocenters. The molecule has 2 fully saturated rings. The van der Waals surface area contributed by atoms with E-state index < -0.39 is 12.1 Å². The number of likely N-dealkylation sites (tertiary alicyclic amines) is 1. The lowest BCUT2D eigenvalue weighted by atomic mass is 9.95. The smallest absolute Gasteiger partial charge is 0.475 e. The number of benzene rings is 1. The molecule has 0 bridgehead atoms. The summed E-state index contributed by atoms with van der Waals surface area (Å²) in [6, 6.07) is 6.34. The Morgan fingerprint density at radius 1 is 1.09 bits per heavy atom. The van der Waals surface area contributed by atoms with Crippen molar-refractivity contribution in [2.45, 2.75) is 58.2 Å². The molecule has 1 aromatic rings. The molecule has 3 rings (SSSR count). The van der Waals surface area contributed by atoms with Crippen molar-refractivity contribution in [2.75, 3.05) is 26.2 Å². The molecule has 1 aromatic carbocycles. The molecule has 7 nitrogen and oxygen atoms in total. The lowest BCUT2D eigenvalue weighted by molar-refractivity contribution is -0.192. The van der Waals surface area contributed by atoms with Crippen LogP contribution in [0, 0.1) is 19.8 Å². The van der Waals surface area contributed by atoms with Gasteiger partial charge in [0.2, 0.25) is 5.91 Å². The van der Waals surface area contributed by atoms with Crippen LogP contribution in [0.15, 0.2) is 18.2 Å². The van der Waals surface area contributed by atoms with Gasteiger partial charge in [-0.2, -0.15) is 13.2 Å². The number of hydrogen-bond acceptors (Lipinski definition) is 4. The minimum Gasteiger partial charge on any atom is -0.475 e. The maximum atomic E-state index is 12.9. The quantitative estimate of drug-likeness (QED) is 0.627. The lowest BCUT2D eigenvalue weighted by Gasteiger charge is -2.33. The van der Waals surface area contributed by atoms with Crippen LogP contribution in [0.3, 0.4) is 0 Å². The molecule has 2 atom stereocenters. The number of nitrogens with zero attached hydrogens (tertiary/aromatic N) is 1. The number of carboxylic acid groups (broad SMARTS) is 1. The van der Waals surface area contributed by atoms with Crippen LogP contribution in [-0.2, 0) is 9.59 Å². The van der Waals surface area contributed by atoms with Crippen LogP contribution >= 0.6 is 0 Å². The Balaban J connectivity index is 0.000000479. The van der Waals surface area contributed by atoms with E-state index in [0.29, 0.717) is 19.1 Å². The van der Waals surface area contributed by atoms with E-state index in [-0.39, 0.29) is 17.7 Å². The van der Waals surface area contributed by atoms with Crippen LogP contribution in [-0.4, -0.2) is 66.2 Å². The molecule has 3 N–H and O–H groups in total. The topological polar surface area (TPSA) is 98.7 Å². The fourth-order valence-electron chi connectivity index (χ4n) is 4.12. The van der Waals surface area contributed by atoms with Gasteiger partial charge in [0.1, 0.15) is 0 Å². The summed E-state index contributed by atoms with van der Waals surface area (Å²) < 4.78 is 31.7. The number of alkyl halides is 3. The van der Waals surface area contributed by atoms with Gasteiger partial charge >= 0.3 is 12.1 Å². The number of aliphatic carboxylic acids is 1. The Kier molecular flexibility index (Phi) is 9.70. The molecule has 2 aliphatic rings. The van der Waals surface area contributed by atoms with Crippen molar-refractivity contribution in [3.8, 4) is 0 Å². The first kappa shape index (κ1) is 26.6. The average Bonchev–Trinajstić information content (AvgIpc) is 2.77.